The normalized spacial score (nSPS) is 17.0. The molecule has 0 saturated heterocycles. The Hall–Kier alpha value is -2.08. The lowest BCUT2D eigenvalue weighted by Gasteiger charge is -2.27. The van der Waals surface area contributed by atoms with Crippen molar-refractivity contribution >= 4 is 0 Å². The van der Waals surface area contributed by atoms with E-state index >= 15 is 0 Å². The Morgan fingerprint density at radius 3 is 2.17 bits per heavy atom. The molecule has 0 spiro atoms. The zero-order chi connectivity index (χ0) is 15.6. The quantitative estimate of drug-likeness (QED) is 0.592. The highest BCUT2D eigenvalue weighted by atomic mass is 14.4. The first kappa shape index (κ1) is 14.5. The number of hydrogen-bond acceptors (Lipinski definition) is 0. The van der Waals surface area contributed by atoms with E-state index in [0.717, 1.165) is 6.42 Å². The van der Waals surface area contributed by atoms with Crippen LogP contribution in [0.3, 0.4) is 0 Å². The predicted molar refractivity (Wildman–Crippen MR) is 98.6 cm³/mol. The molecule has 0 N–H and O–H groups in total. The summed E-state index contributed by atoms with van der Waals surface area (Å²) in [6, 6.07) is 18.1. The van der Waals surface area contributed by atoms with Crippen molar-refractivity contribution in [2.45, 2.75) is 38.5 Å². The molecule has 4 rings (SSSR count). The van der Waals surface area contributed by atoms with E-state index in [1.165, 1.54) is 41.5 Å². The molecule has 23 heavy (non-hydrogen) atoms. The number of fused-ring (bicyclic) bond motifs is 3. The van der Waals surface area contributed by atoms with Gasteiger partial charge in [-0.25, -0.2) is 0 Å². The Morgan fingerprint density at radius 1 is 0.957 bits per heavy atom. The molecule has 0 bridgehead atoms. The Morgan fingerprint density at radius 2 is 1.61 bits per heavy atom. The van der Waals surface area contributed by atoms with Gasteiger partial charge in [0.2, 0.25) is 0 Å². The summed E-state index contributed by atoms with van der Waals surface area (Å²) in [4.78, 5) is 0. The molecule has 0 heteroatoms. The van der Waals surface area contributed by atoms with Crippen LogP contribution in [0.1, 0.15) is 49.7 Å². The van der Waals surface area contributed by atoms with Crippen LogP contribution in [-0.2, 0) is 0 Å². The molecule has 0 fully saturated rings. The van der Waals surface area contributed by atoms with E-state index < -0.39 is 0 Å². The maximum Gasteiger partial charge on any atom is 0.0167 e. The summed E-state index contributed by atoms with van der Waals surface area (Å²) < 4.78 is 0. The van der Waals surface area contributed by atoms with Gasteiger partial charge in [-0.3, -0.25) is 0 Å². The predicted octanol–water partition coefficient (Wildman–Crippen LogP) is 6.49. The molecule has 1 unspecified atom stereocenters. The third kappa shape index (κ3) is 2.47. The molecule has 2 aliphatic carbocycles. The summed E-state index contributed by atoms with van der Waals surface area (Å²) in [7, 11) is 0. The van der Waals surface area contributed by atoms with Gasteiger partial charge >= 0.3 is 0 Å². The Balaban J connectivity index is 1.82. The van der Waals surface area contributed by atoms with Crippen LogP contribution < -0.4 is 0 Å². The molecule has 2 aromatic carbocycles. The second-order valence-corrected chi connectivity index (χ2v) is 6.77. The zero-order valence-corrected chi connectivity index (χ0v) is 13.8. The van der Waals surface area contributed by atoms with Gasteiger partial charge in [0.25, 0.3) is 0 Å². The summed E-state index contributed by atoms with van der Waals surface area (Å²) in [5, 5.41) is 0. The maximum atomic E-state index is 2.36. The van der Waals surface area contributed by atoms with Gasteiger partial charge in [-0.05, 0) is 41.0 Å². The molecular weight excluding hydrogens is 276 g/mol. The summed E-state index contributed by atoms with van der Waals surface area (Å²) in [5.74, 6) is 1.16. The molecular formula is C23H24. The van der Waals surface area contributed by atoms with Crippen molar-refractivity contribution in [1.82, 2.24) is 0 Å². The van der Waals surface area contributed by atoms with Crippen molar-refractivity contribution in [3.05, 3.63) is 83.5 Å². The van der Waals surface area contributed by atoms with Crippen molar-refractivity contribution in [3.63, 3.8) is 0 Å². The Kier molecular flexibility index (Phi) is 3.91. The lowest BCUT2D eigenvalue weighted by molar-refractivity contribution is 0.478. The second-order valence-electron chi connectivity index (χ2n) is 6.77. The monoisotopic (exact) mass is 300 g/mol. The average Bonchev–Trinajstić information content (AvgIpc) is 3.23. The smallest absolute Gasteiger partial charge is 0.0167 e. The summed E-state index contributed by atoms with van der Waals surface area (Å²) in [6.07, 6.45) is 11.9. The lowest BCUT2D eigenvalue weighted by Crippen LogP contribution is -2.14. The molecule has 2 aliphatic rings. The van der Waals surface area contributed by atoms with Gasteiger partial charge < -0.3 is 0 Å². The topological polar surface area (TPSA) is 0 Å². The van der Waals surface area contributed by atoms with E-state index in [1.54, 1.807) is 5.57 Å². The van der Waals surface area contributed by atoms with Gasteiger partial charge in [0.1, 0.15) is 0 Å². The minimum Gasteiger partial charge on any atom is -0.0805 e. The van der Waals surface area contributed by atoms with E-state index in [4.69, 9.17) is 0 Å². The summed E-state index contributed by atoms with van der Waals surface area (Å²) in [6.45, 7) is 2.30. The fraction of sp³-hybridized carbons (Fsp3) is 0.304. The highest BCUT2D eigenvalue weighted by Gasteiger charge is 2.35. The molecule has 0 aromatic heterocycles. The van der Waals surface area contributed by atoms with Crippen molar-refractivity contribution in [2.24, 2.45) is 5.92 Å². The first-order chi connectivity index (χ1) is 11.4. The largest absolute Gasteiger partial charge is 0.0805 e. The van der Waals surface area contributed by atoms with Gasteiger partial charge in [0, 0.05) is 5.92 Å². The van der Waals surface area contributed by atoms with Crippen LogP contribution in [0.4, 0.5) is 0 Å². The molecule has 0 aliphatic heterocycles. The molecule has 0 heterocycles. The van der Waals surface area contributed by atoms with E-state index in [0.29, 0.717) is 11.8 Å². The minimum absolute atomic E-state index is 0.528. The SMILES string of the molecule is CCCCC(C1=CC=CC1)C1c2ccccc2-c2ccccc21. The lowest BCUT2D eigenvalue weighted by atomic mass is 9.76. The molecule has 1 atom stereocenters. The number of hydrogen-bond donors (Lipinski definition) is 0. The van der Waals surface area contributed by atoms with E-state index in [2.05, 4.69) is 73.7 Å². The minimum atomic E-state index is 0.528. The van der Waals surface area contributed by atoms with Gasteiger partial charge in [-0.15, -0.1) is 0 Å². The number of unbranched alkanes of at least 4 members (excludes halogenated alkanes) is 1. The third-order valence-corrected chi connectivity index (χ3v) is 5.43. The number of benzene rings is 2. The molecule has 2 aromatic rings. The molecule has 116 valence electrons. The van der Waals surface area contributed by atoms with E-state index in [9.17, 15) is 0 Å². The number of allylic oxidation sites excluding steroid dienone is 4. The van der Waals surface area contributed by atoms with Crippen LogP contribution in [0.25, 0.3) is 11.1 Å². The van der Waals surface area contributed by atoms with E-state index in [-0.39, 0.29) is 0 Å². The maximum absolute atomic E-state index is 2.36. The van der Waals surface area contributed by atoms with Crippen molar-refractivity contribution in [3.8, 4) is 11.1 Å². The Bertz CT molecular complexity index is 718. The van der Waals surface area contributed by atoms with Crippen molar-refractivity contribution in [2.75, 3.05) is 0 Å². The van der Waals surface area contributed by atoms with Crippen LogP contribution in [0.2, 0.25) is 0 Å². The van der Waals surface area contributed by atoms with Gasteiger partial charge in [0.05, 0.1) is 0 Å². The zero-order valence-electron chi connectivity index (χ0n) is 13.8. The molecule has 0 saturated carbocycles. The van der Waals surface area contributed by atoms with Crippen LogP contribution in [-0.4, -0.2) is 0 Å². The fourth-order valence-electron chi connectivity index (χ4n) is 4.36. The van der Waals surface area contributed by atoms with Crippen LogP contribution in [0.15, 0.2) is 72.3 Å². The molecule has 0 radical (unpaired) electrons. The van der Waals surface area contributed by atoms with Crippen molar-refractivity contribution < 1.29 is 0 Å². The van der Waals surface area contributed by atoms with Crippen LogP contribution >= 0.6 is 0 Å². The molecule has 0 nitrogen and oxygen atoms in total. The highest BCUT2D eigenvalue weighted by Crippen LogP contribution is 2.51. The van der Waals surface area contributed by atoms with E-state index in [1.807, 2.05) is 0 Å². The van der Waals surface area contributed by atoms with Gasteiger partial charge in [-0.2, -0.15) is 0 Å². The summed E-state index contributed by atoms with van der Waals surface area (Å²) >= 11 is 0. The third-order valence-electron chi connectivity index (χ3n) is 5.43. The molecule has 0 amide bonds. The number of rotatable bonds is 5. The van der Waals surface area contributed by atoms with Gasteiger partial charge in [-0.1, -0.05) is 92.1 Å². The second kappa shape index (κ2) is 6.20. The van der Waals surface area contributed by atoms with Gasteiger partial charge in [0.15, 0.2) is 0 Å². The first-order valence-electron chi connectivity index (χ1n) is 8.94. The Labute approximate surface area is 139 Å². The summed E-state index contributed by atoms with van der Waals surface area (Å²) in [5.41, 5.74) is 7.57. The van der Waals surface area contributed by atoms with Crippen molar-refractivity contribution in [1.29, 1.82) is 0 Å². The fourth-order valence-corrected chi connectivity index (χ4v) is 4.36. The van der Waals surface area contributed by atoms with Crippen LogP contribution in [0, 0.1) is 5.92 Å². The first-order valence-corrected chi connectivity index (χ1v) is 8.94. The van der Waals surface area contributed by atoms with Crippen LogP contribution in [0.5, 0.6) is 0 Å². The standard InChI is InChI=1S/C23H24/c1-2-3-12-18(17-10-4-5-11-17)23-21-15-8-6-13-19(21)20-14-7-9-16-22(20)23/h4-10,13-16,18,23H,2-3,11-12H2,1H3. The average molecular weight is 300 g/mol. The highest BCUT2D eigenvalue weighted by molar-refractivity contribution is 5.79.